The second kappa shape index (κ2) is 6.30. The molecule has 94 valence electrons. The van der Waals surface area contributed by atoms with Gasteiger partial charge in [-0.2, -0.15) is 0 Å². The molecule has 1 atom stereocenters. The second-order valence-corrected chi connectivity index (χ2v) is 3.94. The van der Waals surface area contributed by atoms with Crippen molar-refractivity contribution in [2.24, 2.45) is 5.73 Å². The molecule has 0 aliphatic rings. The Hall–Kier alpha value is -1.49. The van der Waals surface area contributed by atoms with Gasteiger partial charge >= 0.3 is 0 Å². The fourth-order valence-electron chi connectivity index (χ4n) is 1.51. The van der Waals surface area contributed by atoms with E-state index in [2.05, 4.69) is 5.32 Å². The minimum atomic E-state index is -0.964. The van der Waals surface area contributed by atoms with E-state index in [1.54, 1.807) is 0 Å². The van der Waals surface area contributed by atoms with Gasteiger partial charge in [0.15, 0.2) is 11.6 Å². The molecule has 0 saturated carbocycles. The standard InChI is InChI=1S/C12H16F2N2O/c1-8(5-6-15)16-11(17)7-9-3-2-4-10(13)12(9)14/h2-4,8H,5-7,15H2,1H3,(H,16,17). The number of rotatable bonds is 5. The fourth-order valence-corrected chi connectivity index (χ4v) is 1.51. The summed E-state index contributed by atoms with van der Waals surface area (Å²) in [5.41, 5.74) is 5.40. The zero-order valence-corrected chi connectivity index (χ0v) is 9.67. The van der Waals surface area contributed by atoms with E-state index in [9.17, 15) is 13.6 Å². The lowest BCUT2D eigenvalue weighted by molar-refractivity contribution is -0.121. The third-order valence-corrected chi connectivity index (χ3v) is 2.39. The molecule has 0 spiro atoms. The summed E-state index contributed by atoms with van der Waals surface area (Å²) in [6.07, 6.45) is 0.482. The van der Waals surface area contributed by atoms with Gasteiger partial charge in [0.1, 0.15) is 0 Å². The molecule has 17 heavy (non-hydrogen) atoms. The molecule has 0 aliphatic heterocycles. The molecule has 0 fully saturated rings. The molecule has 5 heteroatoms. The number of amides is 1. The fraction of sp³-hybridized carbons (Fsp3) is 0.417. The minimum absolute atomic E-state index is 0.0578. The molecule has 0 bridgehead atoms. The zero-order chi connectivity index (χ0) is 12.8. The van der Waals surface area contributed by atoms with E-state index in [0.717, 1.165) is 6.07 Å². The summed E-state index contributed by atoms with van der Waals surface area (Å²) in [4.78, 5) is 11.5. The Morgan fingerprint density at radius 2 is 2.18 bits per heavy atom. The lowest BCUT2D eigenvalue weighted by Crippen LogP contribution is -2.35. The molecule has 1 unspecified atom stereocenters. The SMILES string of the molecule is CC(CCN)NC(=O)Cc1cccc(F)c1F. The molecule has 1 amide bonds. The van der Waals surface area contributed by atoms with E-state index in [4.69, 9.17) is 5.73 Å². The van der Waals surface area contributed by atoms with Crippen LogP contribution in [0.15, 0.2) is 18.2 Å². The molecule has 3 N–H and O–H groups in total. The van der Waals surface area contributed by atoms with E-state index in [1.165, 1.54) is 12.1 Å². The van der Waals surface area contributed by atoms with Crippen molar-refractivity contribution >= 4 is 5.91 Å². The molecule has 0 radical (unpaired) electrons. The third kappa shape index (κ3) is 4.11. The number of hydrogen-bond donors (Lipinski definition) is 2. The third-order valence-electron chi connectivity index (χ3n) is 2.39. The molecule has 0 aromatic heterocycles. The maximum Gasteiger partial charge on any atom is 0.224 e. The summed E-state index contributed by atoms with van der Waals surface area (Å²) >= 11 is 0. The number of carbonyl (C=O) groups excluding carboxylic acids is 1. The first-order valence-electron chi connectivity index (χ1n) is 5.47. The van der Waals surface area contributed by atoms with Gasteiger partial charge in [-0.15, -0.1) is 0 Å². The van der Waals surface area contributed by atoms with Crippen LogP contribution in [0.4, 0.5) is 8.78 Å². The van der Waals surface area contributed by atoms with E-state index < -0.39 is 11.6 Å². The average Bonchev–Trinajstić information content (AvgIpc) is 2.25. The van der Waals surface area contributed by atoms with Gasteiger partial charge in [-0.05, 0) is 26.0 Å². The van der Waals surface area contributed by atoms with Crippen LogP contribution in [-0.4, -0.2) is 18.5 Å². The Balaban J connectivity index is 2.59. The normalized spacial score (nSPS) is 12.2. The highest BCUT2D eigenvalue weighted by Crippen LogP contribution is 2.11. The number of hydrogen-bond acceptors (Lipinski definition) is 2. The summed E-state index contributed by atoms with van der Waals surface area (Å²) in [5.74, 6) is -2.24. The predicted molar refractivity (Wildman–Crippen MR) is 61.3 cm³/mol. The van der Waals surface area contributed by atoms with Crippen LogP contribution >= 0.6 is 0 Å². The number of nitrogens with one attached hydrogen (secondary N) is 1. The summed E-state index contributed by atoms with van der Waals surface area (Å²) in [6, 6.07) is 3.73. The van der Waals surface area contributed by atoms with Gasteiger partial charge < -0.3 is 11.1 Å². The van der Waals surface area contributed by atoms with Crippen molar-refractivity contribution in [3.8, 4) is 0 Å². The quantitative estimate of drug-likeness (QED) is 0.819. The van der Waals surface area contributed by atoms with Crippen LogP contribution in [0.1, 0.15) is 18.9 Å². The highest BCUT2D eigenvalue weighted by Gasteiger charge is 2.12. The van der Waals surface area contributed by atoms with E-state index >= 15 is 0 Å². The van der Waals surface area contributed by atoms with Crippen molar-refractivity contribution in [3.63, 3.8) is 0 Å². The average molecular weight is 242 g/mol. The lowest BCUT2D eigenvalue weighted by atomic mass is 10.1. The van der Waals surface area contributed by atoms with Crippen molar-refractivity contribution in [1.82, 2.24) is 5.32 Å². The molecule has 0 heterocycles. The molecule has 0 saturated heterocycles. The van der Waals surface area contributed by atoms with E-state index in [0.29, 0.717) is 13.0 Å². The smallest absolute Gasteiger partial charge is 0.224 e. The van der Waals surface area contributed by atoms with Crippen LogP contribution in [-0.2, 0) is 11.2 Å². The Labute approximate surface area is 99.0 Å². The molecule has 1 aromatic rings. The zero-order valence-electron chi connectivity index (χ0n) is 9.67. The van der Waals surface area contributed by atoms with Crippen molar-refractivity contribution in [2.45, 2.75) is 25.8 Å². The van der Waals surface area contributed by atoms with Crippen LogP contribution in [0.25, 0.3) is 0 Å². The van der Waals surface area contributed by atoms with Gasteiger partial charge in [0.25, 0.3) is 0 Å². The Morgan fingerprint density at radius 1 is 1.47 bits per heavy atom. The van der Waals surface area contributed by atoms with E-state index in [1.807, 2.05) is 6.92 Å². The molecule has 0 aliphatic carbocycles. The Morgan fingerprint density at radius 3 is 2.82 bits per heavy atom. The van der Waals surface area contributed by atoms with Gasteiger partial charge in [-0.3, -0.25) is 4.79 Å². The summed E-state index contributed by atoms with van der Waals surface area (Å²) in [6.45, 7) is 2.28. The Kier molecular flexibility index (Phi) is 5.03. The first-order valence-corrected chi connectivity index (χ1v) is 5.47. The molecule has 1 aromatic carbocycles. The van der Waals surface area contributed by atoms with Crippen molar-refractivity contribution in [2.75, 3.05) is 6.54 Å². The first-order chi connectivity index (χ1) is 8.04. The molecular formula is C12H16F2N2O. The topological polar surface area (TPSA) is 55.1 Å². The molecular weight excluding hydrogens is 226 g/mol. The van der Waals surface area contributed by atoms with Gasteiger partial charge in [-0.1, -0.05) is 12.1 Å². The number of benzene rings is 1. The highest BCUT2D eigenvalue weighted by molar-refractivity contribution is 5.78. The Bertz CT molecular complexity index is 396. The van der Waals surface area contributed by atoms with Crippen LogP contribution in [0.2, 0.25) is 0 Å². The van der Waals surface area contributed by atoms with Gasteiger partial charge in [0, 0.05) is 11.6 Å². The van der Waals surface area contributed by atoms with Crippen molar-refractivity contribution in [3.05, 3.63) is 35.4 Å². The largest absolute Gasteiger partial charge is 0.353 e. The monoisotopic (exact) mass is 242 g/mol. The van der Waals surface area contributed by atoms with Gasteiger partial charge in [0.2, 0.25) is 5.91 Å². The predicted octanol–water partition coefficient (Wildman–Crippen LogP) is 1.36. The maximum absolute atomic E-state index is 13.3. The maximum atomic E-state index is 13.3. The first kappa shape index (κ1) is 13.6. The van der Waals surface area contributed by atoms with Gasteiger partial charge in [-0.25, -0.2) is 8.78 Å². The van der Waals surface area contributed by atoms with Crippen molar-refractivity contribution < 1.29 is 13.6 Å². The lowest BCUT2D eigenvalue weighted by Gasteiger charge is -2.12. The van der Waals surface area contributed by atoms with E-state index in [-0.39, 0.29) is 23.9 Å². The van der Waals surface area contributed by atoms with Crippen LogP contribution in [0, 0.1) is 11.6 Å². The van der Waals surface area contributed by atoms with Crippen LogP contribution in [0.3, 0.4) is 0 Å². The number of halogens is 2. The minimum Gasteiger partial charge on any atom is -0.353 e. The number of nitrogens with two attached hydrogens (primary N) is 1. The molecule has 1 rings (SSSR count). The van der Waals surface area contributed by atoms with Crippen LogP contribution in [0.5, 0.6) is 0 Å². The van der Waals surface area contributed by atoms with Crippen molar-refractivity contribution in [1.29, 1.82) is 0 Å². The van der Waals surface area contributed by atoms with Crippen LogP contribution < -0.4 is 11.1 Å². The second-order valence-electron chi connectivity index (χ2n) is 3.94. The number of carbonyl (C=O) groups is 1. The summed E-state index contributed by atoms with van der Waals surface area (Å²) in [5, 5.41) is 2.67. The highest BCUT2D eigenvalue weighted by atomic mass is 19.2. The summed E-state index contributed by atoms with van der Waals surface area (Å²) in [7, 11) is 0. The summed E-state index contributed by atoms with van der Waals surface area (Å²) < 4.78 is 26.2. The molecule has 3 nitrogen and oxygen atoms in total. The van der Waals surface area contributed by atoms with Gasteiger partial charge in [0.05, 0.1) is 6.42 Å².